The summed E-state index contributed by atoms with van der Waals surface area (Å²) >= 11 is 12.0. The fourth-order valence-electron chi connectivity index (χ4n) is 2.94. The van der Waals surface area contributed by atoms with Crippen LogP contribution in [0.25, 0.3) is 11.0 Å². The van der Waals surface area contributed by atoms with E-state index in [4.69, 9.17) is 23.2 Å². The van der Waals surface area contributed by atoms with Gasteiger partial charge in [0.05, 0.1) is 22.6 Å². The lowest BCUT2D eigenvalue weighted by Crippen LogP contribution is -2.17. The van der Waals surface area contributed by atoms with E-state index >= 15 is 0 Å². The number of nitrogens with one attached hydrogen (secondary N) is 1. The molecule has 142 valence electrons. The number of aromatic nitrogens is 2. The smallest absolute Gasteiger partial charge is 0.265 e. The number of para-hydroxylation sites is 2. The van der Waals surface area contributed by atoms with Crippen molar-refractivity contribution < 1.29 is 8.42 Å². The summed E-state index contributed by atoms with van der Waals surface area (Å²) in [7, 11) is -3.98. The molecule has 1 aromatic heterocycles. The molecule has 4 aromatic rings. The van der Waals surface area contributed by atoms with Crippen LogP contribution >= 0.6 is 23.2 Å². The second-order valence-corrected chi connectivity index (χ2v) is 8.67. The highest BCUT2D eigenvalue weighted by atomic mass is 35.5. The zero-order valence-electron chi connectivity index (χ0n) is 14.5. The van der Waals surface area contributed by atoms with Crippen LogP contribution in [0.5, 0.6) is 0 Å². The molecule has 8 heteroatoms. The van der Waals surface area contributed by atoms with Crippen molar-refractivity contribution in [2.45, 2.75) is 11.4 Å². The molecule has 1 heterocycles. The Morgan fingerprint density at radius 1 is 0.929 bits per heavy atom. The maximum atomic E-state index is 12.9. The number of hydrogen-bond acceptors (Lipinski definition) is 3. The van der Waals surface area contributed by atoms with E-state index in [1.165, 1.54) is 18.2 Å². The first-order valence-corrected chi connectivity index (χ1v) is 10.6. The zero-order valence-corrected chi connectivity index (χ0v) is 16.8. The number of fused-ring (bicyclic) bond motifs is 1. The second-order valence-electron chi connectivity index (χ2n) is 6.18. The van der Waals surface area contributed by atoms with Crippen molar-refractivity contribution in [1.82, 2.24) is 9.55 Å². The van der Waals surface area contributed by atoms with E-state index < -0.39 is 10.0 Å². The van der Waals surface area contributed by atoms with Crippen LogP contribution in [0.4, 0.5) is 5.95 Å². The van der Waals surface area contributed by atoms with Gasteiger partial charge >= 0.3 is 0 Å². The third-order valence-electron chi connectivity index (χ3n) is 4.25. The third-order valence-corrected chi connectivity index (χ3v) is 6.29. The highest BCUT2D eigenvalue weighted by Crippen LogP contribution is 2.28. The third kappa shape index (κ3) is 3.71. The van der Waals surface area contributed by atoms with Gasteiger partial charge in [-0.25, -0.2) is 18.1 Å². The molecule has 4 rings (SSSR count). The van der Waals surface area contributed by atoms with Gasteiger partial charge in [-0.1, -0.05) is 65.7 Å². The molecule has 0 aliphatic heterocycles. The van der Waals surface area contributed by atoms with E-state index in [9.17, 15) is 8.42 Å². The molecule has 1 N–H and O–H groups in total. The van der Waals surface area contributed by atoms with Gasteiger partial charge in [0, 0.05) is 5.02 Å². The Morgan fingerprint density at radius 3 is 2.43 bits per heavy atom. The van der Waals surface area contributed by atoms with Gasteiger partial charge in [0.25, 0.3) is 10.0 Å². The molecule has 0 amide bonds. The molecule has 0 unspecified atom stereocenters. The molecule has 0 aliphatic carbocycles. The molecule has 3 aromatic carbocycles. The van der Waals surface area contributed by atoms with E-state index in [2.05, 4.69) is 9.71 Å². The minimum Gasteiger partial charge on any atom is -0.305 e. The molecule has 5 nitrogen and oxygen atoms in total. The van der Waals surface area contributed by atoms with Gasteiger partial charge in [0.2, 0.25) is 5.95 Å². The molecule has 0 radical (unpaired) electrons. The maximum Gasteiger partial charge on any atom is 0.265 e. The van der Waals surface area contributed by atoms with Crippen LogP contribution in [0.3, 0.4) is 0 Å². The highest BCUT2D eigenvalue weighted by Gasteiger charge is 2.22. The van der Waals surface area contributed by atoms with Gasteiger partial charge in [0.1, 0.15) is 4.90 Å². The Bertz CT molecular complexity index is 1260. The largest absolute Gasteiger partial charge is 0.305 e. The van der Waals surface area contributed by atoms with Crippen molar-refractivity contribution in [3.63, 3.8) is 0 Å². The lowest BCUT2D eigenvalue weighted by molar-refractivity contribution is 0.600. The van der Waals surface area contributed by atoms with Gasteiger partial charge in [-0.05, 0) is 35.9 Å². The van der Waals surface area contributed by atoms with Crippen LogP contribution in [0.2, 0.25) is 10.0 Å². The van der Waals surface area contributed by atoms with E-state index in [-0.39, 0.29) is 20.9 Å². The number of nitrogens with zero attached hydrogens (tertiary/aromatic N) is 2. The van der Waals surface area contributed by atoms with Crippen molar-refractivity contribution in [2.24, 2.45) is 0 Å². The van der Waals surface area contributed by atoms with Crippen LogP contribution in [-0.4, -0.2) is 18.0 Å². The minimum absolute atomic E-state index is 0.0858. The predicted octanol–water partition coefficient (Wildman–Crippen LogP) is 5.19. The van der Waals surface area contributed by atoms with Crippen LogP contribution < -0.4 is 4.72 Å². The quantitative estimate of drug-likeness (QED) is 0.472. The van der Waals surface area contributed by atoms with E-state index in [1.54, 1.807) is 0 Å². The SMILES string of the molecule is O=S(=O)(Nc1nc2ccccc2n1Cc1ccccc1)c1cc(Cl)ccc1Cl. The molecule has 0 spiro atoms. The average molecular weight is 432 g/mol. The normalized spacial score (nSPS) is 11.6. The number of halogens is 2. The number of imidazole rings is 1. The van der Waals surface area contributed by atoms with Crippen molar-refractivity contribution in [3.8, 4) is 0 Å². The summed E-state index contributed by atoms with van der Waals surface area (Å²) in [6.45, 7) is 0.461. The standard InChI is InChI=1S/C20H15Cl2N3O2S/c21-15-10-11-16(22)19(12-15)28(26,27)24-20-23-17-8-4-5-9-18(17)25(20)13-14-6-2-1-3-7-14/h1-12H,13H2,(H,23,24). The summed E-state index contributed by atoms with van der Waals surface area (Å²) in [5.41, 5.74) is 2.53. The molecule has 0 aliphatic rings. The first-order chi connectivity index (χ1) is 13.4. The average Bonchev–Trinajstić information content (AvgIpc) is 3.01. The predicted molar refractivity (Wildman–Crippen MR) is 113 cm³/mol. The van der Waals surface area contributed by atoms with Crippen molar-refractivity contribution in [2.75, 3.05) is 4.72 Å². The Balaban J connectivity index is 1.80. The highest BCUT2D eigenvalue weighted by molar-refractivity contribution is 7.92. The van der Waals surface area contributed by atoms with Gasteiger partial charge in [-0.2, -0.15) is 0 Å². The van der Waals surface area contributed by atoms with Gasteiger partial charge in [-0.3, -0.25) is 0 Å². The summed E-state index contributed by atoms with van der Waals surface area (Å²) in [4.78, 5) is 4.37. The first-order valence-electron chi connectivity index (χ1n) is 8.41. The molecule has 0 atom stereocenters. The number of rotatable bonds is 5. The van der Waals surface area contributed by atoms with E-state index in [0.29, 0.717) is 12.1 Å². The molecular formula is C20H15Cl2N3O2S. The fraction of sp³-hybridized carbons (Fsp3) is 0.0500. The van der Waals surface area contributed by atoms with Crippen LogP contribution in [-0.2, 0) is 16.6 Å². The number of sulfonamides is 1. The first kappa shape index (κ1) is 18.8. The minimum atomic E-state index is -3.98. The molecule has 0 fully saturated rings. The maximum absolute atomic E-state index is 12.9. The molecule has 0 bridgehead atoms. The summed E-state index contributed by atoms with van der Waals surface area (Å²) in [6, 6.07) is 21.5. The van der Waals surface area contributed by atoms with Crippen LogP contribution in [0.15, 0.2) is 77.7 Å². The number of anilines is 1. The summed E-state index contributed by atoms with van der Waals surface area (Å²) in [5.74, 6) is 0.209. The van der Waals surface area contributed by atoms with Crippen molar-refractivity contribution in [3.05, 3.63) is 88.4 Å². The number of benzene rings is 3. The Labute approximate surface area is 172 Å². The Hall–Kier alpha value is -2.54. The number of hydrogen-bond donors (Lipinski definition) is 1. The van der Waals surface area contributed by atoms with Crippen LogP contribution in [0.1, 0.15) is 5.56 Å². The van der Waals surface area contributed by atoms with E-state index in [0.717, 1.165) is 11.1 Å². The summed E-state index contributed by atoms with van der Waals surface area (Å²) < 4.78 is 30.3. The van der Waals surface area contributed by atoms with Crippen LogP contribution in [0, 0.1) is 0 Å². The summed E-state index contributed by atoms with van der Waals surface area (Å²) in [6.07, 6.45) is 0. The van der Waals surface area contributed by atoms with Gasteiger partial charge < -0.3 is 4.57 Å². The molecule has 28 heavy (non-hydrogen) atoms. The Kier molecular flexibility index (Phi) is 5.02. The topological polar surface area (TPSA) is 64.0 Å². The second kappa shape index (κ2) is 7.47. The lowest BCUT2D eigenvalue weighted by Gasteiger charge is -2.12. The summed E-state index contributed by atoms with van der Waals surface area (Å²) in [5, 5.41) is 0.366. The van der Waals surface area contributed by atoms with Gasteiger partial charge in [-0.15, -0.1) is 0 Å². The van der Waals surface area contributed by atoms with Crippen molar-refractivity contribution in [1.29, 1.82) is 0 Å². The van der Waals surface area contributed by atoms with Gasteiger partial charge in [0.15, 0.2) is 0 Å². The van der Waals surface area contributed by atoms with E-state index in [1.807, 2.05) is 59.2 Å². The molecule has 0 saturated carbocycles. The fourth-order valence-corrected chi connectivity index (χ4v) is 4.71. The zero-order chi connectivity index (χ0) is 19.7. The monoisotopic (exact) mass is 431 g/mol. The lowest BCUT2D eigenvalue weighted by atomic mass is 10.2. The van der Waals surface area contributed by atoms with Crippen molar-refractivity contribution >= 4 is 50.2 Å². The molecule has 0 saturated heterocycles. The molecular weight excluding hydrogens is 417 g/mol. The Morgan fingerprint density at radius 2 is 1.64 bits per heavy atom.